The molecule has 0 aliphatic heterocycles. The third kappa shape index (κ3) is 2.46. The molecule has 0 atom stereocenters. The minimum absolute atomic E-state index is 0.0782. The van der Waals surface area contributed by atoms with Crippen molar-refractivity contribution in [3.8, 4) is 0 Å². The van der Waals surface area contributed by atoms with Gasteiger partial charge in [0.2, 0.25) is 0 Å². The summed E-state index contributed by atoms with van der Waals surface area (Å²) in [5.74, 6) is -1.01. The molecular formula is C14H10ClFN4O2. The van der Waals surface area contributed by atoms with Crippen LogP contribution in [0.3, 0.4) is 0 Å². The number of hydrogen-bond acceptors (Lipinski definition) is 3. The summed E-state index contributed by atoms with van der Waals surface area (Å²) < 4.78 is 14.2. The first-order chi connectivity index (χ1) is 10.5. The van der Waals surface area contributed by atoms with Crippen LogP contribution in [0.1, 0.15) is 16.1 Å². The van der Waals surface area contributed by atoms with Gasteiger partial charge in [0.15, 0.2) is 5.65 Å². The van der Waals surface area contributed by atoms with Gasteiger partial charge in [0, 0.05) is 18.0 Å². The van der Waals surface area contributed by atoms with E-state index in [1.807, 2.05) is 0 Å². The number of fused-ring (bicyclic) bond motifs is 1. The van der Waals surface area contributed by atoms with E-state index in [0.29, 0.717) is 5.69 Å². The Kier molecular flexibility index (Phi) is 3.42. The van der Waals surface area contributed by atoms with Crippen molar-refractivity contribution < 1.29 is 9.18 Å². The Morgan fingerprint density at radius 2 is 2.18 bits per heavy atom. The van der Waals surface area contributed by atoms with Crippen LogP contribution in [0.25, 0.3) is 5.65 Å². The second-order valence-electron chi connectivity index (χ2n) is 4.66. The smallest absolute Gasteiger partial charge is 0.272 e. The van der Waals surface area contributed by atoms with E-state index in [1.54, 1.807) is 6.92 Å². The quantitative estimate of drug-likeness (QED) is 0.761. The number of aromatic nitrogens is 3. The summed E-state index contributed by atoms with van der Waals surface area (Å²) in [6.45, 7) is 1.66. The maximum atomic E-state index is 13.0. The van der Waals surface area contributed by atoms with Crippen molar-refractivity contribution in [3.63, 3.8) is 0 Å². The number of carbonyl (C=O) groups is 1. The molecule has 0 saturated heterocycles. The molecule has 6 nitrogen and oxygen atoms in total. The lowest BCUT2D eigenvalue weighted by atomic mass is 10.2. The molecule has 2 heterocycles. The largest absolute Gasteiger partial charge is 0.320 e. The molecule has 112 valence electrons. The van der Waals surface area contributed by atoms with Crippen LogP contribution >= 0.6 is 11.6 Å². The lowest BCUT2D eigenvalue weighted by Crippen LogP contribution is -2.17. The Morgan fingerprint density at radius 1 is 1.41 bits per heavy atom. The molecule has 1 amide bonds. The number of H-pyrrole nitrogens is 1. The minimum Gasteiger partial charge on any atom is -0.320 e. The zero-order valence-corrected chi connectivity index (χ0v) is 12.1. The van der Waals surface area contributed by atoms with Gasteiger partial charge in [0.25, 0.3) is 11.5 Å². The molecule has 0 aliphatic rings. The van der Waals surface area contributed by atoms with Gasteiger partial charge in [-0.15, -0.1) is 0 Å². The first kappa shape index (κ1) is 14.3. The fraction of sp³-hybridized carbons (Fsp3) is 0.0714. The Hall–Kier alpha value is -2.67. The van der Waals surface area contributed by atoms with Crippen LogP contribution in [0.5, 0.6) is 0 Å². The van der Waals surface area contributed by atoms with E-state index in [2.05, 4.69) is 15.4 Å². The number of aromatic amines is 1. The van der Waals surface area contributed by atoms with Crippen molar-refractivity contribution in [3.05, 3.63) is 62.9 Å². The summed E-state index contributed by atoms with van der Waals surface area (Å²) >= 11 is 5.87. The van der Waals surface area contributed by atoms with Crippen molar-refractivity contribution in [2.45, 2.75) is 6.92 Å². The van der Waals surface area contributed by atoms with Gasteiger partial charge in [0.05, 0.1) is 10.7 Å². The highest BCUT2D eigenvalue weighted by molar-refractivity contribution is 6.34. The van der Waals surface area contributed by atoms with Crippen LogP contribution in [0.4, 0.5) is 10.1 Å². The molecule has 8 heteroatoms. The first-order valence-electron chi connectivity index (χ1n) is 6.30. The summed E-state index contributed by atoms with van der Waals surface area (Å²) in [5.41, 5.74) is 0.837. The van der Waals surface area contributed by atoms with Crippen LogP contribution in [0.15, 0.2) is 35.3 Å². The number of nitrogens with zero attached hydrogens (tertiary/aromatic N) is 2. The van der Waals surface area contributed by atoms with Gasteiger partial charge in [-0.3, -0.25) is 14.7 Å². The molecule has 22 heavy (non-hydrogen) atoms. The molecule has 3 aromatic rings. The molecule has 0 spiro atoms. The number of benzene rings is 1. The van der Waals surface area contributed by atoms with Crippen molar-refractivity contribution in [1.82, 2.24) is 14.6 Å². The number of hydrogen-bond donors (Lipinski definition) is 2. The lowest BCUT2D eigenvalue weighted by molar-refractivity contribution is 0.102. The molecular weight excluding hydrogens is 311 g/mol. The number of aryl methyl sites for hydroxylation is 1. The van der Waals surface area contributed by atoms with Gasteiger partial charge >= 0.3 is 0 Å². The van der Waals surface area contributed by atoms with Crippen molar-refractivity contribution in [1.29, 1.82) is 0 Å². The number of rotatable bonds is 2. The van der Waals surface area contributed by atoms with Crippen LogP contribution in [-0.4, -0.2) is 20.5 Å². The second kappa shape index (κ2) is 5.27. The maximum Gasteiger partial charge on any atom is 0.272 e. The summed E-state index contributed by atoms with van der Waals surface area (Å²) in [6.07, 6.45) is 1.37. The van der Waals surface area contributed by atoms with Gasteiger partial charge in [0.1, 0.15) is 11.4 Å². The highest BCUT2D eigenvalue weighted by Gasteiger charge is 2.16. The van der Waals surface area contributed by atoms with Crippen LogP contribution < -0.4 is 10.9 Å². The SMILES string of the molecule is Cc1cc(=O)n2[nH]cc(C(=O)Nc3ccc(F)cc3Cl)c2n1. The van der Waals surface area contributed by atoms with E-state index in [4.69, 9.17) is 11.6 Å². The summed E-state index contributed by atoms with van der Waals surface area (Å²) in [5, 5.41) is 5.30. The van der Waals surface area contributed by atoms with Gasteiger partial charge < -0.3 is 5.32 Å². The van der Waals surface area contributed by atoms with Gasteiger partial charge in [-0.05, 0) is 25.1 Å². The third-order valence-electron chi connectivity index (χ3n) is 3.05. The molecule has 2 aromatic heterocycles. The average Bonchev–Trinajstić information content (AvgIpc) is 2.86. The summed E-state index contributed by atoms with van der Waals surface area (Å²) in [6, 6.07) is 4.99. The normalized spacial score (nSPS) is 10.9. The standard InChI is InChI=1S/C14H10ClFN4O2/c1-7-4-12(21)20-13(18-7)9(6-17-20)14(22)19-11-3-2-8(16)5-10(11)15/h2-6,17H,1H3,(H,19,22). The fourth-order valence-electron chi connectivity index (χ4n) is 2.04. The molecule has 0 bridgehead atoms. The number of nitrogens with one attached hydrogen (secondary N) is 2. The van der Waals surface area contributed by atoms with Gasteiger partial charge in [-0.25, -0.2) is 13.9 Å². The highest BCUT2D eigenvalue weighted by atomic mass is 35.5. The van der Waals surface area contributed by atoms with E-state index in [-0.39, 0.29) is 27.5 Å². The Bertz CT molecular complexity index is 948. The molecule has 0 aliphatic carbocycles. The Balaban J connectivity index is 2.01. The summed E-state index contributed by atoms with van der Waals surface area (Å²) in [4.78, 5) is 28.3. The molecule has 0 radical (unpaired) electrons. The van der Waals surface area contributed by atoms with E-state index in [0.717, 1.165) is 10.6 Å². The molecule has 0 fully saturated rings. The van der Waals surface area contributed by atoms with Gasteiger partial charge in [-0.1, -0.05) is 11.6 Å². The number of carbonyl (C=O) groups excluding carboxylic acids is 1. The van der Waals surface area contributed by atoms with Crippen LogP contribution in [-0.2, 0) is 0 Å². The topological polar surface area (TPSA) is 79.3 Å². The van der Waals surface area contributed by atoms with Crippen molar-refractivity contribution in [2.75, 3.05) is 5.32 Å². The van der Waals surface area contributed by atoms with E-state index < -0.39 is 11.7 Å². The summed E-state index contributed by atoms with van der Waals surface area (Å²) in [7, 11) is 0. The average molecular weight is 321 g/mol. The van der Waals surface area contributed by atoms with E-state index in [1.165, 1.54) is 24.4 Å². The molecule has 0 unspecified atom stereocenters. The van der Waals surface area contributed by atoms with E-state index in [9.17, 15) is 14.0 Å². The van der Waals surface area contributed by atoms with Gasteiger partial charge in [-0.2, -0.15) is 0 Å². The zero-order valence-electron chi connectivity index (χ0n) is 11.4. The Labute approximate surface area is 128 Å². The van der Waals surface area contributed by atoms with Crippen molar-refractivity contribution >= 4 is 28.8 Å². The number of halogens is 2. The third-order valence-corrected chi connectivity index (χ3v) is 3.36. The zero-order chi connectivity index (χ0) is 15.9. The molecule has 1 aromatic carbocycles. The maximum absolute atomic E-state index is 13.0. The predicted molar refractivity (Wildman–Crippen MR) is 79.9 cm³/mol. The predicted octanol–water partition coefficient (Wildman–Crippen LogP) is 2.38. The van der Waals surface area contributed by atoms with E-state index >= 15 is 0 Å². The number of anilines is 1. The first-order valence-corrected chi connectivity index (χ1v) is 6.67. The monoisotopic (exact) mass is 320 g/mol. The van der Waals surface area contributed by atoms with Crippen LogP contribution in [0.2, 0.25) is 5.02 Å². The fourth-order valence-corrected chi connectivity index (χ4v) is 2.26. The second-order valence-corrected chi connectivity index (χ2v) is 5.07. The lowest BCUT2D eigenvalue weighted by Gasteiger charge is -2.06. The molecule has 0 saturated carbocycles. The molecule has 2 N–H and O–H groups in total. The molecule has 3 rings (SSSR count). The minimum atomic E-state index is -0.509. The van der Waals surface area contributed by atoms with Crippen LogP contribution in [0, 0.1) is 12.7 Å². The van der Waals surface area contributed by atoms with Crippen molar-refractivity contribution in [2.24, 2.45) is 0 Å². The Morgan fingerprint density at radius 3 is 2.91 bits per heavy atom. The highest BCUT2D eigenvalue weighted by Crippen LogP contribution is 2.23. The number of amides is 1.